The van der Waals surface area contributed by atoms with E-state index in [0.29, 0.717) is 23.5 Å². The molecule has 8 heteroatoms. The predicted molar refractivity (Wildman–Crippen MR) is 112 cm³/mol. The van der Waals surface area contributed by atoms with Crippen molar-refractivity contribution in [1.29, 1.82) is 0 Å². The lowest BCUT2D eigenvalue weighted by Crippen LogP contribution is -2.17. The summed E-state index contributed by atoms with van der Waals surface area (Å²) in [7, 11) is 0. The molecule has 0 saturated carbocycles. The Kier molecular flexibility index (Phi) is 5.56. The number of benzene rings is 3. The summed E-state index contributed by atoms with van der Waals surface area (Å²) in [5.74, 6) is 0.373. The lowest BCUT2D eigenvalue weighted by atomic mass is 10.1. The van der Waals surface area contributed by atoms with Crippen LogP contribution in [-0.4, -0.2) is 37.4 Å². The van der Waals surface area contributed by atoms with E-state index >= 15 is 0 Å². The molecule has 30 heavy (non-hydrogen) atoms. The smallest absolute Gasteiger partial charge is 0.271 e. The van der Waals surface area contributed by atoms with Crippen LogP contribution in [0.1, 0.15) is 21.5 Å². The minimum Gasteiger partial charge on any atom is -0.508 e. The van der Waals surface area contributed by atoms with Crippen molar-refractivity contribution in [2.75, 3.05) is 0 Å². The molecule has 3 aromatic carbocycles. The van der Waals surface area contributed by atoms with E-state index in [0.717, 1.165) is 11.1 Å². The summed E-state index contributed by atoms with van der Waals surface area (Å²) in [5, 5.41) is 25.9. The van der Waals surface area contributed by atoms with Crippen molar-refractivity contribution in [2.45, 2.75) is 6.54 Å². The molecule has 4 rings (SSSR count). The number of nitrogens with one attached hydrogen (secondary N) is 1. The van der Waals surface area contributed by atoms with Crippen molar-refractivity contribution in [3.63, 3.8) is 0 Å². The number of tetrazole rings is 1. The first kappa shape index (κ1) is 19.0. The fraction of sp³-hybridized carbons (Fsp3) is 0.0455. The fourth-order valence-corrected chi connectivity index (χ4v) is 2.77. The predicted octanol–water partition coefficient (Wildman–Crippen LogP) is 2.86. The highest BCUT2D eigenvalue weighted by atomic mass is 16.3. The third kappa shape index (κ3) is 4.74. The molecule has 2 N–H and O–H groups in total. The molecule has 1 aromatic heterocycles. The van der Waals surface area contributed by atoms with Gasteiger partial charge in [0.25, 0.3) is 5.91 Å². The minimum atomic E-state index is -0.330. The topological polar surface area (TPSA) is 105 Å². The van der Waals surface area contributed by atoms with Crippen molar-refractivity contribution < 1.29 is 9.90 Å². The highest BCUT2D eigenvalue weighted by Gasteiger charge is 2.07. The summed E-state index contributed by atoms with van der Waals surface area (Å²) in [5.41, 5.74) is 5.46. The summed E-state index contributed by atoms with van der Waals surface area (Å²) < 4.78 is 0. The van der Waals surface area contributed by atoms with Gasteiger partial charge in [-0.05, 0) is 40.6 Å². The number of carbonyl (C=O) groups is 1. The second-order valence-corrected chi connectivity index (χ2v) is 6.50. The molecule has 148 valence electrons. The molecule has 0 saturated heterocycles. The lowest BCUT2D eigenvalue weighted by molar-refractivity contribution is 0.0955. The number of hydrogen-bond acceptors (Lipinski definition) is 6. The van der Waals surface area contributed by atoms with E-state index < -0.39 is 0 Å². The van der Waals surface area contributed by atoms with Gasteiger partial charge in [-0.1, -0.05) is 54.6 Å². The minimum absolute atomic E-state index is 0.138. The number of aromatic hydroxyl groups is 1. The molecule has 1 amide bonds. The molecule has 0 unspecified atom stereocenters. The number of aromatic nitrogens is 4. The van der Waals surface area contributed by atoms with Crippen LogP contribution in [0.5, 0.6) is 5.75 Å². The van der Waals surface area contributed by atoms with E-state index in [1.165, 1.54) is 11.0 Å². The van der Waals surface area contributed by atoms with Gasteiger partial charge in [0.05, 0.1) is 12.8 Å². The number of nitrogens with zero attached hydrogens (tertiary/aromatic N) is 5. The van der Waals surface area contributed by atoms with Crippen LogP contribution >= 0.6 is 0 Å². The van der Waals surface area contributed by atoms with Gasteiger partial charge in [-0.15, -0.1) is 10.2 Å². The molecule has 8 nitrogen and oxygen atoms in total. The normalized spacial score (nSPS) is 10.9. The Bertz CT molecular complexity index is 1170. The number of hydrogen-bond donors (Lipinski definition) is 2. The number of rotatable bonds is 6. The van der Waals surface area contributed by atoms with Crippen molar-refractivity contribution in [3.05, 3.63) is 95.6 Å². The third-order valence-corrected chi connectivity index (χ3v) is 4.27. The van der Waals surface area contributed by atoms with Crippen LogP contribution < -0.4 is 5.43 Å². The number of phenols is 1. The van der Waals surface area contributed by atoms with E-state index in [9.17, 15) is 9.90 Å². The molecule has 0 aliphatic heterocycles. The molecule has 0 spiro atoms. The Morgan fingerprint density at radius 3 is 2.60 bits per heavy atom. The number of hydrazone groups is 1. The first-order valence-electron chi connectivity index (χ1n) is 9.22. The van der Waals surface area contributed by atoms with Crippen LogP contribution in [-0.2, 0) is 6.54 Å². The van der Waals surface area contributed by atoms with Gasteiger partial charge in [0, 0.05) is 11.1 Å². The maximum atomic E-state index is 12.2. The fourth-order valence-electron chi connectivity index (χ4n) is 2.77. The monoisotopic (exact) mass is 398 g/mol. The number of phenolic OH excluding ortho intramolecular Hbond substituents is 1. The SMILES string of the molecule is O=C(N/N=C/c1cccc(O)c1)c1ccc(Cn2nnc(-c3ccccc3)n2)cc1. The Morgan fingerprint density at radius 1 is 1.03 bits per heavy atom. The molecule has 0 fully saturated rings. The quantitative estimate of drug-likeness (QED) is 0.384. The largest absolute Gasteiger partial charge is 0.508 e. The zero-order chi connectivity index (χ0) is 20.8. The van der Waals surface area contributed by atoms with Crippen LogP contribution in [0.4, 0.5) is 0 Å². The molecule has 0 aliphatic carbocycles. The standard InChI is InChI=1S/C22H18N6O2/c29-20-8-4-5-17(13-20)14-23-25-22(30)19-11-9-16(10-12-19)15-28-26-21(24-27-28)18-6-2-1-3-7-18/h1-14,29H,15H2,(H,25,30)/b23-14+. The average Bonchev–Trinajstić information content (AvgIpc) is 3.23. The maximum absolute atomic E-state index is 12.2. The first-order chi connectivity index (χ1) is 14.7. The van der Waals surface area contributed by atoms with Gasteiger partial charge in [0.15, 0.2) is 0 Å². The van der Waals surface area contributed by atoms with Crippen LogP contribution in [0, 0.1) is 0 Å². The van der Waals surface area contributed by atoms with Gasteiger partial charge < -0.3 is 5.11 Å². The van der Waals surface area contributed by atoms with Crippen molar-refractivity contribution in [3.8, 4) is 17.1 Å². The first-order valence-corrected chi connectivity index (χ1v) is 9.22. The van der Waals surface area contributed by atoms with Crippen LogP contribution in [0.2, 0.25) is 0 Å². The van der Waals surface area contributed by atoms with Crippen LogP contribution in [0.15, 0.2) is 84.0 Å². The summed E-state index contributed by atoms with van der Waals surface area (Å²) >= 11 is 0. The van der Waals surface area contributed by atoms with E-state index in [1.807, 2.05) is 42.5 Å². The summed E-state index contributed by atoms with van der Waals surface area (Å²) in [6, 6.07) is 23.3. The molecule has 0 bridgehead atoms. The lowest BCUT2D eigenvalue weighted by Gasteiger charge is -2.03. The molecule has 4 aromatic rings. The molecule has 0 aliphatic rings. The number of carbonyl (C=O) groups excluding carboxylic acids is 1. The van der Waals surface area contributed by atoms with Gasteiger partial charge in [-0.2, -0.15) is 9.90 Å². The van der Waals surface area contributed by atoms with Gasteiger partial charge in [-0.3, -0.25) is 4.79 Å². The Labute approximate surface area is 172 Å². The highest BCUT2D eigenvalue weighted by Crippen LogP contribution is 2.13. The van der Waals surface area contributed by atoms with E-state index in [1.54, 1.807) is 36.4 Å². The Hall–Kier alpha value is -4.33. The second kappa shape index (κ2) is 8.78. The summed E-state index contributed by atoms with van der Waals surface area (Å²) in [6.07, 6.45) is 1.46. The van der Waals surface area contributed by atoms with E-state index in [4.69, 9.17) is 0 Å². The van der Waals surface area contributed by atoms with E-state index in [2.05, 4.69) is 25.9 Å². The molecule has 0 atom stereocenters. The van der Waals surface area contributed by atoms with E-state index in [-0.39, 0.29) is 11.7 Å². The zero-order valence-corrected chi connectivity index (χ0v) is 15.9. The van der Waals surface area contributed by atoms with Crippen LogP contribution in [0.25, 0.3) is 11.4 Å². The summed E-state index contributed by atoms with van der Waals surface area (Å²) in [4.78, 5) is 13.7. The van der Waals surface area contributed by atoms with Crippen molar-refractivity contribution in [2.24, 2.45) is 5.10 Å². The van der Waals surface area contributed by atoms with Crippen molar-refractivity contribution in [1.82, 2.24) is 25.6 Å². The Balaban J connectivity index is 1.36. The third-order valence-electron chi connectivity index (χ3n) is 4.27. The van der Waals surface area contributed by atoms with Gasteiger partial charge in [-0.25, -0.2) is 5.43 Å². The zero-order valence-electron chi connectivity index (χ0n) is 15.9. The van der Waals surface area contributed by atoms with Crippen LogP contribution in [0.3, 0.4) is 0 Å². The average molecular weight is 398 g/mol. The Morgan fingerprint density at radius 2 is 1.83 bits per heavy atom. The second-order valence-electron chi connectivity index (χ2n) is 6.50. The number of amides is 1. The van der Waals surface area contributed by atoms with Gasteiger partial charge in [0.2, 0.25) is 5.82 Å². The van der Waals surface area contributed by atoms with Crippen molar-refractivity contribution >= 4 is 12.1 Å². The molecule has 1 heterocycles. The van der Waals surface area contributed by atoms with Gasteiger partial charge in [0.1, 0.15) is 5.75 Å². The molecular weight excluding hydrogens is 380 g/mol. The maximum Gasteiger partial charge on any atom is 0.271 e. The van der Waals surface area contributed by atoms with Gasteiger partial charge >= 0.3 is 0 Å². The molecule has 0 radical (unpaired) electrons. The summed E-state index contributed by atoms with van der Waals surface area (Å²) in [6.45, 7) is 0.442. The highest BCUT2D eigenvalue weighted by molar-refractivity contribution is 5.94. The molecular formula is C22H18N6O2.